The van der Waals surface area contributed by atoms with Gasteiger partial charge in [0.15, 0.2) is 0 Å². The largest absolute Gasteiger partial charge is 0.444 e. The molecule has 1 saturated heterocycles. The van der Waals surface area contributed by atoms with E-state index in [0.717, 1.165) is 28.7 Å². The number of ether oxygens (including phenoxy) is 1. The molecule has 3 rings (SSSR count). The number of nitrogens with zero attached hydrogens (tertiary/aromatic N) is 3. The van der Waals surface area contributed by atoms with Crippen molar-refractivity contribution in [2.45, 2.75) is 70.9 Å². The van der Waals surface area contributed by atoms with Gasteiger partial charge < -0.3 is 9.64 Å². The lowest BCUT2D eigenvalue weighted by molar-refractivity contribution is -0.120. The van der Waals surface area contributed by atoms with Gasteiger partial charge in [0.1, 0.15) is 11.4 Å². The van der Waals surface area contributed by atoms with E-state index >= 15 is 0 Å². The Morgan fingerprint density at radius 2 is 1.93 bits per heavy atom. The van der Waals surface area contributed by atoms with E-state index in [9.17, 15) is 9.59 Å². The summed E-state index contributed by atoms with van der Waals surface area (Å²) in [6.07, 6.45) is 3.38. The first-order valence-electron chi connectivity index (χ1n) is 9.44. The Balaban J connectivity index is 1.77. The molecule has 0 aliphatic carbocycles. The van der Waals surface area contributed by atoms with Crippen molar-refractivity contribution in [1.29, 1.82) is 0 Å². The molecule has 0 saturated carbocycles. The van der Waals surface area contributed by atoms with E-state index in [0.29, 0.717) is 19.5 Å². The van der Waals surface area contributed by atoms with E-state index in [1.54, 1.807) is 11.1 Å². The van der Waals surface area contributed by atoms with Crippen molar-refractivity contribution in [3.8, 4) is 0 Å². The molecule has 27 heavy (non-hydrogen) atoms. The summed E-state index contributed by atoms with van der Waals surface area (Å²) in [6, 6.07) is 2.12. The minimum atomic E-state index is -0.501. The molecule has 0 radical (unpaired) electrons. The fraction of sp³-hybridized carbons (Fsp3) is 0.650. The van der Waals surface area contributed by atoms with Gasteiger partial charge in [-0.1, -0.05) is 13.8 Å². The number of halogens is 1. The van der Waals surface area contributed by atoms with Crippen LogP contribution in [-0.2, 0) is 14.9 Å². The van der Waals surface area contributed by atoms with Gasteiger partial charge in [-0.15, -0.1) is 0 Å². The number of pyridine rings is 1. The van der Waals surface area contributed by atoms with Crippen molar-refractivity contribution >= 4 is 33.7 Å². The van der Waals surface area contributed by atoms with Crippen LogP contribution in [0.5, 0.6) is 0 Å². The van der Waals surface area contributed by atoms with Gasteiger partial charge in [0.2, 0.25) is 5.91 Å². The third-order valence-corrected chi connectivity index (χ3v) is 5.57. The summed E-state index contributed by atoms with van der Waals surface area (Å²) in [5, 5.41) is 0. The first-order chi connectivity index (χ1) is 12.5. The molecule has 0 aromatic carbocycles. The van der Waals surface area contributed by atoms with Crippen LogP contribution in [0.25, 0.3) is 0 Å². The quantitative estimate of drug-likeness (QED) is 0.658. The van der Waals surface area contributed by atoms with Gasteiger partial charge in [0, 0.05) is 47.2 Å². The standard InChI is InChI=1S/C20H28BrN3O3/c1-19(2,3)27-18(26)23-8-6-14(7-9-23)24-16(25)11-20(4,5)15-10-13(21)12-22-17(15)24/h10,12,14H,6-9,11H2,1-5H3. The van der Waals surface area contributed by atoms with Crippen LogP contribution in [0.3, 0.4) is 0 Å². The van der Waals surface area contributed by atoms with Crippen LogP contribution in [0, 0.1) is 0 Å². The molecule has 0 spiro atoms. The van der Waals surface area contributed by atoms with Crippen LogP contribution in [0.15, 0.2) is 16.7 Å². The highest BCUT2D eigenvalue weighted by Gasteiger charge is 2.42. The molecular weight excluding hydrogens is 410 g/mol. The molecule has 2 amide bonds. The Labute approximate surface area is 169 Å². The summed E-state index contributed by atoms with van der Waals surface area (Å²) in [6.45, 7) is 10.9. The number of hydrogen-bond donors (Lipinski definition) is 0. The number of fused-ring (bicyclic) bond motifs is 1. The summed E-state index contributed by atoms with van der Waals surface area (Å²) < 4.78 is 6.38. The highest BCUT2D eigenvalue weighted by Crippen LogP contribution is 2.42. The molecule has 6 nitrogen and oxygen atoms in total. The second-order valence-electron chi connectivity index (χ2n) is 9.05. The molecule has 3 heterocycles. The Hall–Kier alpha value is -1.63. The molecule has 148 valence electrons. The second kappa shape index (κ2) is 7.08. The third kappa shape index (κ3) is 4.28. The number of likely N-dealkylation sites (tertiary alicyclic amines) is 1. The van der Waals surface area contributed by atoms with Crippen molar-refractivity contribution < 1.29 is 14.3 Å². The molecule has 0 unspecified atom stereocenters. The number of carbonyl (C=O) groups excluding carboxylic acids is 2. The molecule has 2 aliphatic heterocycles. The van der Waals surface area contributed by atoms with E-state index in [1.165, 1.54) is 0 Å². The zero-order valence-electron chi connectivity index (χ0n) is 16.7. The van der Waals surface area contributed by atoms with Gasteiger partial charge in [-0.05, 0) is 55.6 Å². The van der Waals surface area contributed by atoms with Gasteiger partial charge in [-0.3, -0.25) is 9.69 Å². The molecular formula is C20H28BrN3O3. The number of anilines is 1. The molecule has 2 aliphatic rings. The van der Waals surface area contributed by atoms with Crippen LogP contribution < -0.4 is 4.90 Å². The maximum atomic E-state index is 12.9. The van der Waals surface area contributed by atoms with Gasteiger partial charge in [0.05, 0.1) is 0 Å². The Bertz CT molecular complexity index is 749. The maximum Gasteiger partial charge on any atom is 0.410 e. The zero-order valence-corrected chi connectivity index (χ0v) is 18.3. The van der Waals surface area contributed by atoms with Crippen molar-refractivity contribution in [3.63, 3.8) is 0 Å². The Kier molecular flexibility index (Phi) is 5.27. The molecule has 0 atom stereocenters. The minimum absolute atomic E-state index is 0.0553. The summed E-state index contributed by atoms with van der Waals surface area (Å²) in [4.78, 5) is 33.4. The average molecular weight is 438 g/mol. The minimum Gasteiger partial charge on any atom is -0.444 e. The lowest BCUT2D eigenvalue weighted by Crippen LogP contribution is -2.53. The fourth-order valence-electron chi connectivity index (χ4n) is 3.81. The first-order valence-corrected chi connectivity index (χ1v) is 10.2. The number of piperidine rings is 1. The fourth-order valence-corrected chi connectivity index (χ4v) is 4.14. The molecule has 7 heteroatoms. The summed E-state index contributed by atoms with van der Waals surface area (Å²) in [5.41, 5.74) is 0.348. The number of amides is 2. The lowest BCUT2D eigenvalue weighted by atomic mass is 9.78. The average Bonchev–Trinajstić information content (AvgIpc) is 2.54. The SMILES string of the molecule is CC(C)(C)OC(=O)N1CCC(N2C(=O)CC(C)(C)c3cc(Br)cnc32)CC1. The molecule has 1 aromatic rings. The number of carbonyl (C=O) groups is 2. The zero-order chi connectivity index (χ0) is 20.0. The molecule has 0 bridgehead atoms. The van der Waals surface area contributed by atoms with E-state index in [1.807, 2.05) is 25.7 Å². The topological polar surface area (TPSA) is 62.7 Å². The highest BCUT2D eigenvalue weighted by atomic mass is 79.9. The smallest absolute Gasteiger partial charge is 0.410 e. The van der Waals surface area contributed by atoms with Crippen LogP contribution >= 0.6 is 15.9 Å². The Morgan fingerprint density at radius 1 is 1.30 bits per heavy atom. The van der Waals surface area contributed by atoms with Crippen LogP contribution in [-0.4, -0.2) is 46.6 Å². The summed E-state index contributed by atoms with van der Waals surface area (Å²) in [5.74, 6) is 0.869. The lowest BCUT2D eigenvalue weighted by Gasteiger charge is -2.44. The number of hydrogen-bond acceptors (Lipinski definition) is 4. The third-order valence-electron chi connectivity index (χ3n) is 5.13. The van der Waals surface area contributed by atoms with E-state index in [-0.39, 0.29) is 23.5 Å². The first kappa shape index (κ1) is 20.1. The van der Waals surface area contributed by atoms with Crippen molar-refractivity contribution in [1.82, 2.24) is 9.88 Å². The summed E-state index contributed by atoms with van der Waals surface area (Å²) in [7, 11) is 0. The maximum absolute atomic E-state index is 12.9. The van der Waals surface area contributed by atoms with Crippen molar-refractivity contribution in [3.05, 3.63) is 22.3 Å². The molecule has 1 fully saturated rings. The van der Waals surface area contributed by atoms with Crippen LogP contribution in [0.4, 0.5) is 10.6 Å². The van der Waals surface area contributed by atoms with Crippen molar-refractivity contribution in [2.24, 2.45) is 0 Å². The van der Waals surface area contributed by atoms with Crippen LogP contribution in [0.1, 0.15) is 59.4 Å². The Morgan fingerprint density at radius 3 is 2.52 bits per heavy atom. The van der Waals surface area contributed by atoms with E-state index < -0.39 is 5.60 Å². The second-order valence-corrected chi connectivity index (χ2v) is 9.96. The van der Waals surface area contributed by atoms with Gasteiger partial charge >= 0.3 is 6.09 Å². The van der Waals surface area contributed by atoms with Gasteiger partial charge in [-0.2, -0.15) is 0 Å². The monoisotopic (exact) mass is 437 g/mol. The molecule has 0 N–H and O–H groups in total. The predicted octanol–water partition coefficient (Wildman–Crippen LogP) is 4.26. The van der Waals surface area contributed by atoms with E-state index in [4.69, 9.17) is 4.74 Å². The predicted molar refractivity (Wildman–Crippen MR) is 108 cm³/mol. The van der Waals surface area contributed by atoms with E-state index in [2.05, 4.69) is 40.8 Å². The van der Waals surface area contributed by atoms with Crippen LogP contribution in [0.2, 0.25) is 0 Å². The van der Waals surface area contributed by atoms with Gasteiger partial charge in [0.25, 0.3) is 0 Å². The van der Waals surface area contributed by atoms with Crippen molar-refractivity contribution in [2.75, 3.05) is 18.0 Å². The number of aromatic nitrogens is 1. The van der Waals surface area contributed by atoms with Gasteiger partial charge in [-0.25, -0.2) is 9.78 Å². The normalized spacial score (nSPS) is 20.4. The number of rotatable bonds is 1. The summed E-state index contributed by atoms with van der Waals surface area (Å²) >= 11 is 3.50. The molecule has 1 aromatic heterocycles. The highest BCUT2D eigenvalue weighted by molar-refractivity contribution is 9.10.